The normalized spacial score (nSPS) is 12.2. The summed E-state index contributed by atoms with van der Waals surface area (Å²) in [5.41, 5.74) is -1.78. The molecule has 0 amide bonds. The first-order valence-electron chi connectivity index (χ1n) is 15.7. The second-order valence-corrected chi connectivity index (χ2v) is 12.2. The summed E-state index contributed by atoms with van der Waals surface area (Å²) in [5.74, 6) is -10.5. The van der Waals surface area contributed by atoms with Gasteiger partial charge in [0.05, 0.1) is 5.02 Å². The third-order valence-electron chi connectivity index (χ3n) is 8.04. The minimum atomic E-state index is -5.46. The van der Waals surface area contributed by atoms with Crippen molar-refractivity contribution in [3.8, 4) is 39.1 Å². The van der Waals surface area contributed by atoms with Crippen molar-refractivity contribution in [2.75, 3.05) is 0 Å². The van der Waals surface area contributed by atoms with Crippen molar-refractivity contribution in [1.29, 1.82) is 0 Å². The van der Waals surface area contributed by atoms with Crippen molar-refractivity contribution in [3.63, 3.8) is 0 Å². The Labute approximate surface area is 295 Å². The highest BCUT2D eigenvalue weighted by molar-refractivity contribution is 6.33. The molecule has 0 N–H and O–H groups in total. The van der Waals surface area contributed by atoms with Gasteiger partial charge in [-0.15, -0.1) is 0 Å². The van der Waals surface area contributed by atoms with Gasteiger partial charge in [0.1, 0.15) is 46.2 Å². The minimum absolute atomic E-state index is 0.00458. The van der Waals surface area contributed by atoms with Crippen molar-refractivity contribution in [2.24, 2.45) is 0 Å². The summed E-state index contributed by atoms with van der Waals surface area (Å²) < 4.78 is 159. The molecule has 0 bridgehead atoms. The highest BCUT2D eigenvalue weighted by Crippen LogP contribution is 2.39. The highest BCUT2D eigenvalue weighted by atomic mass is 35.5. The van der Waals surface area contributed by atoms with E-state index in [9.17, 15) is 39.5 Å². The van der Waals surface area contributed by atoms with Crippen LogP contribution in [0.25, 0.3) is 39.5 Å². The summed E-state index contributed by atoms with van der Waals surface area (Å²) in [6.07, 6.45) is -5.76. The lowest BCUT2D eigenvalue weighted by Gasteiger charge is -2.16. The zero-order chi connectivity index (χ0) is 38.0. The second kappa shape index (κ2) is 15.4. The fraction of sp³-hybridized carbons (Fsp3) is 0.179. The standard InChI is InChI=1S/C39H26ClF11O/c1-2-3-4-5-21-6-8-22(9-7-21)23-10-11-27(30(41)15-23)24-14-29(40)36(33(44)16-24)25-17-31(42)28(32(43)18-25)12-13-38(47,48)52-26-19-34(45)37(35(46)20-26)39(49,50)51/h6-20H,2-5H2,1H3. The van der Waals surface area contributed by atoms with Gasteiger partial charge < -0.3 is 4.74 Å². The van der Waals surface area contributed by atoms with Crippen molar-refractivity contribution < 1.29 is 53.0 Å². The number of hydrogen-bond acceptors (Lipinski definition) is 1. The molecule has 5 rings (SSSR count). The Morgan fingerprint density at radius 1 is 0.615 bits per heavy atom. The molecule has 0 unspecified atom stereocenters. The van der Waals surface area contributed by atoms with E-state index in [-0.39, 0.29) is 40.4 Å². The third-order valence-corrected chi connectivity index (χ3v) is 8.34. The molecule has 0 atom stereocenters. The van der Waals surface area contributed by atoms with Gasteiger partial charge in [0.15, 0.2) is 0 Å². The maximum absolute atomic E-state index is 15.4. The van der Waals surface area contributed by atoms with Gasteiger partial charge in [-0.25, -0.2) is 26.3 Å². The number of ether oxygens (including phenoxy) is 1. The fourth-order valence-corrected chi connectivity index (χ4v) is 5.83. The van der Waals surface area contributed by atoms with Crippen LogP contribution in [0.2, 0.25) is 5.02 Å². The lowest BCUT2D eigenvalue weighted by atomic mass is 9.96. The highest BCUT2D eigenvalue weighted by Gasteiger charge is 2.39. The SMILES string of the molecule is CCCCCc1ccc(-c2ccc(-c3cc(F)c(-c4cc(F)c(C=CC(F)(F)Oc5cc(F)c(C(F)(F)F)c(F)c5)c(F)c4)c(Cl)c3)c(F)c2)cc1. The van der Waals surface area contributed by atoms with Crippen molar-refractivity contribution in [2.45, 2.75) is 44.9 Å². The van der Waals surface area contributed by atoms with E-state index >= 15 is 8.78 Å². The fourth-order valence-electron chi connectivity index (χ4n) is 5.52. The molecule has 0 heterocycles. The number of hydrogen-bond donors (Lipinski definition) is 0. The Balaban J connectivity index is 1.35. The molecule has 0 aliphatic heterocycles. The molecule has 0 aliphatic rings. The van der Waals surface area contributed by atoms with Crippen molar-refractivity contribution in [3.05, 3.63) is 142 Å². The van der Waals surface area contributed by atoms with Gasteiger partial charge in [0.25, 0.3) is 0 Å². The molecule has 0 fully saturated rings. The number of unbranched alkanes of at least 4 members (excludes halogenated alkanes) is 2. The Hall–Kier alpha value is -4.84. The van der Waals surface area contributed by atoms with Crippen LogP contribution in [0.4, 0.5) is 48.3 Å². The van der Waals surface area contributed by atoms with E-state index < -0.39 is 75.2 Å². The first kappa shape index (κ1) is 38.4. The molecule has 1 nitrogen and oxygen atoms in total. The van der Waals surface area contributed by atoms with Gasteiger partial charge in [0, 0.05) is 34.9 Å². The molecule has 0 saturated heterocycles. The lowest BCUT2D eigenvalue weighted by molar-refractivity contribution is -0.143. The van der Waals surface area contributed by atoms with Crippen LogP contribution in [0, 0.1) is 34.9 Å². The molecule has 0 aromatic heterocycles. The maximum atomic E-state index is 15.4. The van der Waals surface area contributed by atoms with Crippen molar-refractivity contribution in [1.82, 2.24) is 0 Å². The van der Waals surface area contributed by atoms with Gasteiger partial charge in [0.2, 0.25) is 0 Å². The van der Waals surface area contributed by atoms with Crippen LogP contribution >= 0.6 is 11.6 Å². The van der Waals surface area contributed by atoms with Gasteiger partial charge in [-0.05, 0) is 77.1 Å². The summed E-state index contributed by atoms with van der Waals surface area (Å²) in [5, 5.41) is -0.352. The lowest BCUT2D eigenvalue weighted by Crippen LogP contribution is -2.22. The molecule has 0 radical (unpaired) electrons. The third kappa shape index (κ3) is 8.78. The van der Waals surface area contributed by atoms with Gasteiger partial charge in [-0.2, -0.15) is 22.0 Å². The molecule has 5 aromatic carbocycles. The van der Waals surface area contributed by atoms with Crippen molar-refractivity contribution >= 4 is 17.7 Å². The monoisotopic (exact) mass is 754 g/mol. The Morgan fingerprint density at radius 3 is 1.75 bits per heavy atom. The number of aryl methyl sites for hydroxylation is 1. The summed E-state index contributed by atoms with van der Waals surface area (Å²) in [7, 11) is 0. The molecule has 5 aromatic rings. The summed E-state index contributed by atoms with van der Waals surface area (Å²) in [6, 6.07) is 15.1. The van der Waals surface area contributed by atoms with E-state index in [1.54, 1.807) is 6.07 Å². The Bertz CT molecular complexity index is 2050. The minimum Gasteiger partial charge on any atom is -0.429 e. The summed E-state index contributed by atoms with van der Waals surface area (Å²) in [6.45, 7) is 2.12. The van der Waals surface area contributed by atoms with Crippen LogP contribution in [0.1, 0.15) is 42.9 Å². The molecule has 0 saturated carbocycles. The number of rotatable bonds is 11. The molecule has 0 aliphatic carbocycles. The largest absolute Gasteiger partial charge is 0.429 e. The molecular formula is C39H26ClF11O. The number of benzene rings is 5. The quantitative estimate of drug-likeness (QED) is 0.0964. The molecular weight excluding hydrogens is 729 g/mol. The van der Waals surface area contributed by atoms with E-state index in [0.29, 0.717) is 17.7 Å². The number of alkyl halides is 5. The van der Waals surface area contributed by atoms with Gasteiger partial charge >= 0.3 is 12.3 Å². The first-order valence-corrected chi connectivity index (χ1v) is 16.0. The van der Waals surface area contributed by atoms with E-state index in [1.165, 1.54) is 18.2 Å². The van der Waals surface area contributed by atoms with E-state index in [1.807, 2.05) is 24.3 Å². The van der Waals surface area contributed by atoms with E-state index in [2.05, 4.69) is 11.7 Å². The van der Waals surface area contributed by atoms with Crippen LogP contribution in [-0.2, 0) is 12.6 Å². The summed E-state index contributed by atoms with van der Waals surface area (Å²) >= 11 is 6.31. The van der Waals surface area contributed by atoms with Crippen LogP contribution in [-0.4, -0.2) is 6.11 Å². The predicted octanol–water partition coefficient (Wildman–Crippen LogP) is 13.6. The van der Waals surface area contributed by atoms with Crippen LogP contribution in [0.3, 0.4) is 0 Å². The molecule has 0 spiro atoms. The zero-order valence-corrected chi connectivity index (χ0v) is 27.7. The Morgan fingerprint density at radius 2 is 1.19 bits per heavy atom. The average molecular weight is 755 g/mol. The average Bonchev–Trinajstić information content (AvgIpc) is 3.03. The van der Waals surface area contributed by atoms with Crippen LogP contribution in [0.5, 0.6) is 5.75 Å². The maximum Gasteiger partial charge on any atom is 0.422 e. The molecule has 13 heteroatoms. The smallest absolute Gasteiger partial charge is 0.422 e. The first-order chi connectivity index (χ1) is 24.5. The predicted molar refractivity (Wildman–Crippen MR) is 177 cm³/mol. The topological polar surface area (TPSA) is 9.23 Å². The zero-order valence-electron chi connectivity index (χ0n) is 26.9. The van der Waals surface area contributed by atoms with E-state index in [4.69, 9.17) is 11.6 Å². The summed E-state index contributed by atoms with van der Waals surface area (Å²) in [4.78, 5) is 0. The number of halogens is 12. The van der Waals surface area contributed by atoms with Gasteiger partial charge in [-0.1, -0.05) is 67.8 Å². The Kier molecular flexibility index (Phi) is 11.4. The second-order valence-electron chi connectivity index (χ2n) is 11.8. The molecule has 52 heavy (non-hydrogen) atoms. The van der Waals surface area contributed by atoms with Crippen LogP contribution < -0.4 is 4.74 Å². The molecule has 272 valence electrons. The van der Waals surface area contributed by atoms with Crippen LogP contribution in [0.15, 0.2) is 84.9 Å². The van der Waals surface area contributed by atoms with Gasteiger partial charge in [-0.3, -0.25) is 0 Å². The van der Waals surface area contributed by atoms with E-state index in [0.717, 1.165) is 42.9 Å².